The molecule has 0 bridgehead atoms. The molecule has 1 aromatic carbocycles. The van der Waals surface area contributed by atoms with Crippen LogP contribution in [0.4, 0.5) is 4.79 Å². The highest BCUT2D eigenvalue weighted by Crippen LogP contribution is 2.43. The molecule has 2 aliphatic rings. The van der Waals surface area contributed by atoms with Gasteiger partial charge >= 0.3 is 6.09 Å². The van der Waals surface area contributed by atoms with Gasteiger partial charge in [-0.2, -0.15) is 0 Å². The molecule has 1 amide bonds. The first-order valence-corrected chi connectivity index (χ1v) is 5.84. The van der Waals surface area contributed by atoms with E-state index in [0.29, 0.717) is 0 Å². The van der Waals surface area contributed by atoms with Gasteiger partial charge in [-0.1, -0.05) is 18.2 Å². The molecule has 1 fully saturated rings. The summed E-state index contributed by atoms with van der Waals surface area (Å²) in [6.07, 6.45) is 3.41. The number of hydrogen-bond acceptors (Lipinski definition) is 1. The zero-order chi connectivity index (χ0) is 11.1. The van der Waals surface area contributed by atoms with Gasteiger partial charge in [-0.15, -0.1) is 0 Å². The first-order chi connectivity index (χ1) is 7.74. The van der Waals surface area contributed by atoms with Crippen LogP contribution < -0.4 is 5.32 Å². The molecular weight excluding hydrogens is 202 g/mol. The summed E-state index contributed by atoms with van der Waals surface area (Å²) in [6.45, 7) is 0. The minimum absolute atomic E-state index is 0.0763. The van der Waals surface area contributed by atoms with E-state index in [1.807, 2.05) is 0 Å². The summed E-state index contributed by atoms with van der Waals surface area (Å²) >= 11 is 0. The number of carbonyl (C=O) groups is 1. The smallest absolute Gasteiger partial charge is 0.404 e. The Morgan fingerprint density at radius 3 is 2.81 bits per heavy atom. The fraction of sp³-hybridized carbons (Fsp3) is 0.462. The molecule has 1 saturated carbocycles. The second kappa shape index (κ2) is 3.51. The third kappa shape index (κ3) is 1.66. The first kappa shape index (κ1) is 9.70. The van der Waals surface area contributed by atoms with Gasteiger partial charge in [0.15, 0.2) is 0 Å². The lowest BCUT2D eigenvalue weighted by molar-refractivity contribution is 0.190. The van der Waals surface area contributed by atoms with Gasteiger partial charge in [0, 0.05) is 6.04 Å². The van der Waals surface area contributed by atoms with E-state index in [1.54, 1.807) is 0 Å². The second-order valence-electron chi connectivity index (χ2n) is 4.81. The number of rotatable bonds is 2. The number of carboxylic acid groups (broad SMARTS) is 1. The second-order valence-corrected chi connectivity index (χ2v) is 4.81. The molecule has 1 aromatic rings. The molecule has 0 aromatic heterocycles. The predicted octanol–water partition coefficient (Wildman–Crippen LogP) is 2.30. The number of benzene rings is 1. The molecular formula is C13H15NO2. The molecule has 3 nitrogen and oxygen atoms in total. The van der Waals surface area contributed by atoms with Crippen molar-refractivity contribution in [1.82, 2.24) is 5.32 Å². The van der Waals surface area contributed by atoms with Crippen LogP contribution in [0.2, 0.25) is 0 Å². The SMILES string of the molecule is O=C(O)NC1Cc2cccc(C3CC3)c2C1. The summed E-state index contributed by atoms with van der Waals surface area (Å²) in [7, 11) is 0. The largest absolute Gasteiger partial charge is 0.465 e. The van der Waals surface area contributed by atoms with Crippen LogP contribution in [0.1, 0.15) is 35.4 Å². The van der Waals surface area contributed by atoms with Gasteiger partial charge in [-0.25, -0.2) is 4.79 Å². The molecule has 0 aliphatic heterocycles. The van der Waals surface area contributed by atoms with Crippen molar-refractivity contribution in [1.29, 1.82) is 0 Å². The van der Waals surface area contributed by atoms with E-state index < -0.39 is 6.09 Å². The Morgan fingerprint density at radius 1 is 1.31 bits per heavy atom. The third-order valence-electron chi connectivity index (χ3n) is 3.57. The molecule has 2 N–H and O–H groups in total. The van der Waals surface area contributed by atoms with Crippen molar-refractivity contribution >= 4 is 6.09 Å². The van der Waals surface area contributed by atoms with Crippen LogP contribution in [0.3, 0.4) is 0 Å². The summed E-state index contributed by atoms with van der Waals surface area (Å²) in [5, 5.41) is 11.3. The van der Waals surface area contributed by atoms with Gasteiger partial charge in [0.2, 0.25) is 0 Å². The van der Waals surface area contributed by atoms with Crippen molar-refractivity contribution < 1.29 is 9.90 Å². The normalized spacial score (nSPS) is 22.9. The highest BCUT2D eigenvalue weighted by Gasteiger charge is 2.31. The molecule has 1 atom stereocenters. The van der Waals surface area contributed by atoms with Crippen molar-refractivity contribution in [3.8, 4) is 0 Å². The highest BCUT2D eigenvalue weighted by atomic mass is 16.4. The van der Waals surface area contributed by atoms with Gasteiger partial charge in [0.1, 0.15) is 0 Å². The Hall–Kier alpha value is -1.51. The van der Waals surface area contributed by atoms with Crippen molar-refractivity contribution in [3.05, 3.63) is 34.9 Å². The van der Waals surface area contributed by atoms with Crippen LogP contribution in [0.5, 0.6) is 0 Å². The van der Waals surface area contributed by atoms with Gasteiger partial charge in [-0.3, -0.25) is 0 Å². The van der Waals surface area contributed by atoms with E-state index >= 15 is 0 Å². The van der Waals surface area contributed by atoms with Crippen LogP contribution in [-0.2, 0) is 12.8 Å². The molecule has 1 unspecified atom stereocenters. The monoisotopic (exact) mass is 217 g/mol. The van der Waals surface area contributed by atoms with Crippen LogP contribution in [-0.4, -0.2) is 17.2 Å². The van der Waals surface area contributed by atoms with Gasteiger partial charge in [0.05, 0.1) is 0 Å². The summed E-state index contributed by atoms with van der Waals surface area (Å²) in [4.78, 5) is 10.6. The maximum absolute atomic E-state index is 10.6. The quantitative estimate of drug-likeness (QED) is 0.798. The molecule has 0 saturated heterocycles. The topological polar surface area (TPSA) is 49.3 Å². The molecule has 3 rings (SSSR count). The summed E-state index contributed by atoms with van der Waals surface area (Å²) in [5.74, 6) is 0.749. The fourth-order valence-corrected chi connectivity index (χ4v) is 2.73. The van der Waals surface area contributed by atoms with Gasteiger partial charge in [-0.05, 0) is 48.3 Å². The minimum atomic E-state index is -0.911. The molecule has 84 valence electrons. The summed E-state index contributed by atoms with van der Waals surface area (Å²) < 4.78 is 0. The van der Waals surface area contributed by atoms with E-state index in [0.717, 1.165) is 18.8 Å². The minimum Gasteiger partial charge on any atom is -0.465 e. The lowest BCUT2D eigenvalue weighted by Gasteiger charge is -2.08. The van der Waals surface area contributed by atoms with E-state index in [-0.39, 0.29) is 6.04 Å². The number of fused-ring (bicyclic) bond motifs is 1. The van der Waals surface area contributed by atoms with Crippen LogP contribution >= 0.6 is 0 Å². The van der Waals surface area contributed by atoms with E-state index in [4.69, 9.17) is 5.11 Å². The van der Waals surface area contributed by atoms with E-state index in [2.05, 4.69) is 23.5 Å². The third-order valence-corrected chi connectivity index (χ3v) is 3.57. The Bertz CT molecular complexity index is 438. The molecule has 16 heavy (non-hydrogen) atoms. The average molecular weight is 217 g/mol. The highest BCUT2D eigenvalue weighted by molar-refractivity contribution is 5.65. The van der Waals surface area contributed by atoms with Crippen LogP contribution in [0, 0.1) is 0 Å². The van der Waals surface area contributed by atoms with E-state index in [1.165, 1.54) is 29.5 Å². The van der Waals surface area contributed by atoms with Crippen molar-refractivity contribution in [2.45, 2.75) is 37.6 Å². The van der Waals surface area contributed by atoms with Gasteiger partial charge in [0.25, 0.3) is 0 Å². The number of nitrogens with one attached hydrogen (secondary N) is 1. The molecule has 0 heterocycles. The first-order valence-electron chi connectivity index (χ1n) is 5.84. The zero-order valence-corrected chi connectivity index (χ0v) is 9.07. The van der Waals surface area contributed by atoms with Crippen molar-refractivity contribution in [2.24, 2.45) is 0 Å². The van der Waals surface area contributed by atoms with Crippen molar-refractivity contribution in [3.63, 3.8) is 0 Å². The lowest BCUT2D eigenvalue weighted by atomic mass is 10.00. The predicted molar refractivity (Wildman–Crippen MR) is 60.8 cm³/mol. The Kier molecular flexibility index (Phi) is 2.13. The molecule has 0 radical (unpaired) electrons. The standard InChI is InChI=1S/C13H15NO2/c15-13(16)14-10-6-9-2-1-3-11(8-4-5-8)12(9)7-10/h1-3,8,10,14H,4-7H2,(H,15,16). The summed E-state index contributed by atoms with van der Waals surface area (Å²) in [6, 6.07) is 6.52. The fourth-order valence-electron chi connectivity index (χ4n) is 2.73. The Morgan fingerprint density at radius 2 is 2.12 bits per heavy atom. The molecule has 2 aliphatic carbocycles. The Labute approximate surface area is 94.5 Å². The van der Waals surface area contributed by atoms with Crippen molar-refractivity contribution in [2.75, 3.05) is 0 Å². The van der Waals surface area contributed by atoms with Crippen LogP contribution in [0.15, 0.2) is 18.2 Å². The molecule has 0 spiro atoms. The maximum atomic E-state index is 10.6. The average Bonchev–Trinajstić information content (AvgIpc) is 2.97. The molecule has 3 heteroatoms. The number of amides is 1. The summed E-state index contributed by atoms with van der Waals surface area (Å²) in [5.41, 5.74) is 4.21. The van der Waals surface area contributed by atoms with Gasteiger partial charge < -0.3 is 10.4 Å². The number of hydrogen-bond donors (Lipinski definition) is 2. The maximum Gasteiger partial charge on any atom is 0.404 e. The van der Waals surface area contributed by atoms with Crippen LogP contribution in [0.25, 0.3) is 0 Å². The zero-order valence-electron chi connectivity index (χ0n) is 9.07. The lowest BCUT2D eigenvalue weighted by Crippen LogP contribution is -2.33. The Balaban J connectivity index is 1.85. The van der Waals surface area contributed by atoms with E-state index in [9.17, 15) is 4.79 Å².